The highest BCUT2D eigenvalue weighted by atomic mass is 16.5. The van der Waals surface area contributed by atoms with Gasteiger partial charge in [0, 0.05) is 5.69 Å². The van der Waals surface area contributed by atoms with Crippen molar-refractivity contribution in [2.45, 2.75) is 20.0 Å². The third kappa shape index (κ3) is 4.48. The van der Waals surface area contributed by atoms with Crippen molar-refractivity contribution in [2.24, 2.45) is 0 Å². The molecule has 3 nitrogen and oxygen atoms in total. The van der Waals surface area contributed by atoms with Gasteiger partial charge >= 0.3 is 0 Å². The van der Waals surface area contributed by atoms with Crippen LogP contribution in [-0.2, 0) is 4.79 Å². The third-order valence-corrected chi connectivity index (χ3v) is 3.96. The second-order valence-corrected chi connectivity index (χ2v) is 6.01. The molecule has 0 saturated carbocycles. The van der Waals surface area contributed by atoms with E-state index in [9.17, 15) is 4.79 Å². The van der Waals surface area contributed by atoms with Crippen molar-refractivity contribution in [3.8, 4) is 16.9 Å². The summed E-state index contributed by atoms with van der Waals surface area (Å²) in [6, 6.07) is 25.6. The van der Waals surface area contributed by atoms with Crippen LogP contribution in [0.3, 0.4) is 0 Å². The molecule has 3 aromatic carbocycles. The van der Waals surface area contributed by atoms with Crippen molar-refractivity contribution in [1.82, 2.24) is 0 Å². The summed E-state index contributed by atoms with van der Waals surface area (Å²) in [7, 11) is 0. The minimum absolute atomic E-state index is 0.170. The van der Waals surface area contributed by atoms with Crippen molar-refractivity contribution >= 4 is 11.6 Å². The number of nitrogens with one attached hydrogen (secondary N) is 1. The maximum Gasteiger partial charge on any atom is 0.265 e. The van der Waals surface area contributed by atoms with E-state index in [-0.39, 0.29) is 5.91 Å². The fourth-order valence-corrected chi connectivity index (χ4v) is 2.49. The average molecular weight is 331 g/mol. The SMILES string of the molecule is Cc1ccc(NC(=O)C(C)Oc2ccc(-c3ccccc3)cc2)cc1. The number of benzene rings is 3. The maximum atomic E-state index is 12.3. The van der Waals surface area contributed by atoms with Crippen molar-refractivity contribution < 1.29 is 9.53 Å². The van der Waals surface area contributed by atoms with E-state index in [1.807, 2.05) is 73.7 Å². The maximum absolute atomic E-state index is 12.3. The van der Waals surface area contributed by atoms with Gasteiger partial charge in [0.2, 0.25) is 0 Å². The lowest BCUT2D eigenvalue weighted by molar-refractivity contribution is -0.122. The smallest absolute Gasteiger partial charge is 0.265 e. The monoisotopic (exact) mass is 331 g/mol. The van der Waals surface area contributed by atoms with Gasteiger partial charge in [-0.2, -0.15) is 0 Å². The van der Waals surface area contributed by atoms with Gasteiger partial charge in [-0.25, -0.2) is 0 Å². The normalized spacial score (nSPS) is 11.6. The zero-order valence-electron chi connectivity index (χ0n) is 14.4. The highest BCUT2D eigenvalue weighted by molar-refractivity contribution is 5.94. The summed E-state index contributed by atoms with van der Waals surface area (Å²) in [5.41, 5.74) is 4.19. The lowest BCUT2D eigenvalue weighted by Crippen LogP contribution is -2.30. The molecule has 3 rings (SSSR count). The predicted molar refractivity (Wildman–Crippen MR) is 102 cm³/mol. The van der Waals surface area contributed by atoms with Crippen molar-refractivity contribution in [3.63, 3.8) is 0 Å². The number of aryl methyl sites for hydroxylation is 1. The molecule has 0 spiro atoms. The van der Waals surface area contributed by atoms with Crippen LogP contribution >= 0.6 is 0 Å². The van der Waals surface area contributed by atoms with E-state index in [2.05, 4.69) is 17.4 Å². The Morgan fingerprint density at radius 3 is 2.08 bits per heavy atom. The quantitative estimate of drug-likeness (QED) is 0.709. The average Bonchev–Trinajstić information content (AvgIpc) is 2.65. The van der Waals surface area contributed by atoms with Gasteiger partial charge in [0.15, 0.2) is 6.10 Å². The first-order valence-electron chi connectivity index (χ1n) is 8.31. The van der Waals surface area contributed by atoms with Gasteiger partial charge in [0.1, 0.15) is 5.75 Å². The van der Waals surface area contributed by atoms with Crippen LogP contribution in [0.1, 0.15) is 12.5 Å². The molecule has 3 heteroatoms. The van der Waals surface area contributed by atoms with Crippen LogP contribution in [0.25, 0.3) is 11.1 Å². The van der Waals surface area contributed by atoms with Crippen LogP contribution in [0.4, 0.5) is 5.69 Å². The zero-order chi connectivity index (χ0) is 17.6. The van der Waals surface area contributed by atoms with Crippen molar-refractivity contribution in [3.05, 3.63) is 84.4 Å². The molecule has 3 aromatic rings. The van der Waals surface area contributed by atoms with Crippen LogP contribution in [0.15, 0.2) is 78.9 Å². The van der Waals surface area contributed by atoms with E-state index in [0.717, 1.165) is 22.4 Å². The van der Waals surface area contributed by atoms with Crippen LogP contribution < -0.4 is 10.1 Å². The highest BCUT2D eigenvalue weighted by Gasteiger charge is 2.14. The second-order valence-electron chi connectivity index (χ2n) is 6.01. The Morgan fingerprint density at radius 2 is 1.44 bits per heavy atom. The molecule has 0 aromatic heterocycles. The molecule has 25 heavy (non-hydrogen) atoms. The number of rotatable bonds is 5. The molecule has 1 unspecified atom stereocenters. The molecule has 0 heterocycles. The molecule has 0 saturated heterocycles. The molecule has 1 amide bonds. The predicted octanol–water partition coefficient (Wildman–Crippen LogP) is 5.07. The molecule has 0 bridgehead atoms. The Morgan fingerprint density at radius 1 is 0.840 bits per heavy atom. The van der Waals surface area contributed by atoms with Gasteiger partial charge in [-0.05, 0) is 49.2 Å². The van der Waals surface area contributed by atoms with E-state index in [1.165, 1.54) is 0 Å². The van der Waals surface area contributed by atoms with Crippen LogP contribution in [0.2, 0.25) is 0 Å². The highest BCUT2D eigenvalue weighted by Crippen LogP contribution is 2.22. The first-order chi connectivity index (χ1) is 12.1. The van der Waals surface area contributed by atoms with E-state index in [1.54, 1.807) is 6.92 Å². The molecular weight excluding hydrogens is 310 g/mol. The number of anilines is 1. The van der Waals surface area contributed by atoms with E-state index in [4.69, 9.17) is 4.74 Å². The summed E-state index contributed by atoms with van der Waals surface area (Å²) in [6.07, 6.45) is -0.580. The Bertz CT molecular complexity index is 824. The van der Waals surface area contributed by atoms with Gasteiger partial charge in [-0.1, -0.05) is 60.2 Å². The number of amides is 1. The van der Waals surface area contributed by atoms with Crippen LogP contribution in [-0.4, -0.2) is 12.0 Å². The lowest BCUT2D eigenvalue weighted by atomic mass is 10.1. The van der Waals surface area contributed by atoms with Crippen LogP contribution in [0.5, 0.6) is 5.75 Å². The standard InChI is InChI=1S/C22H21NO2/c1-16-8-12-20(13-9-16)23-22(24)17(2)25-21-14-10-19(11-15-21)18-6-4-3-5-7-18/h3-15,17H,1-2H3,(H,23,24). The molecule has 126 valence electrons. The van der Waals surface area contributed by atoms with Gasteiger partial charge in [0.25, 0.3) is 5.91 Å². The topological polar surface area (TPSA) is 38.3 Å². The summed E-state index contributed by atoms with van der Waals surface area (Å²) in [6.45, 7) is 3.76. The van der Waals surface area contributed by atoms with E-state index in [0.29, 0.717) is 5.75 Å². The molecule has 0 aliphatic heterocycles. The molecular formula is C22H21NO2. The van der Waals surface area contributed by atoms with Gasteiger partial charge in [-0.15, -0.1) is 0 Å². The Kier molecular flexibility index (Phi) is 5.14. The largest absolute Gasteiger partial charge is 0.481 e. The first-order valence-corrected chi connectivity index (χ1v) is 8.31. The van der Waals surface area contributed by atoms with Gasteiger partial charge in [-0.3, -0.25) is 4.79 Å². The lowest BCUT2D eigenvalue weighted by Gasteiger charge is -2.15. The van der Waals surface area contributed by atoms with Crippen molar-refractivity contribution in [2.75, 3.05) is 5.32 Å². The summed E-state index contributed by atoms with van der Waals surface area (Å²) in [4.78, 5) is 12.3. The van der Waals surface area contributed by atoms with Gasteiger partial charge in [0.05, 0.1) is 0 Å². The fraction of sp³-hybridized carbons (Fsp3) is 0.136. The van der Waals surface area contributed by atoms with E-state index >= 15 is 0 Å². The number of carbonyl (C=O) groups excluding carboxylic acids is 1. The first kappa shape index (κ1) is 16.8. The molecule has 1 atom stereocenters. The minimum atomic E-state index is -0.580. The molecule has 0 aliphatic rings. The van der Waals surface area contributed by atoms with Crippen LogP contribution in [0, 0.1) is 6.92 Å². The molecule has 0 radical (unpaired) electrons. The summed E-state index contributed by atoms with van der Waals surface area (Å²) in [5.74, 6) is 0.502. The Balaban J connectivity index is 1.61. The zero-order valence-corrected chi connectivity index (χ0v) is 14.4. The molecule has 1 N–H and O–H groups in total. The number of hydrogen-bond donors (Lipinski definition) is 1. The summed E-state index contributed by atoms with van der Waals surface area (Å²) < 4.78 is 5.75. The fourth-order valence-electron chi connectivity index (χ4n) is 2.49. The second kappa shape index (κ2) is 7.67. The minimum Gasteiger partial charge on any atom is -0.481 e. The molecule has 0 fully saturated rings. The number of carbonyl (C=O) groups is 1. The van der Waals surface area contributed by atoms with E-state index < -0.39 is 6.10 Å². The molecule has 0 aliphatic carbocycles. The summed E-state index contributed by atoms with van der Waals surface area (Å²) in [5, 5.41) is 2.86. The third-order valence-electron chi connectivity index (χ3n) is 3.96. The summed E-state index contributed by atoms with van der Waals surface area (Å²) >= 11 is 0. The van der Waals surface area contributed by atoms with Gasteiger partial charge < -0.3 is 10.1 Å². The number of hydrogen-bond acceptors (Lipinski definition) is 2. The Labute approximate surface area is 148 Å². The Hall–Kier alpha value is -3.07. The number of ether oxygens (including phenoxy) is 1. The van der Waals surface area contributed by atoms with Crippen molar-refractivity contribution in [1.29, 1.82) is 0 Å².